The van der Waals surface area contributed by atoms with Gasteiger partial charge in [-0.2, -0.15) is 22.7 Å². The molecule has 166 valence electrons. The summed E-state index contributed by atoms with van der Waals surface area (Å²) in [5, 5.41) is 8.48. The van der Waals surface area contributed by atoms with Crippen LogP contribution in [0.3, 0.4) is 0 Å². The first-order valence-electron chi connectivity index (χ1n) is 9.30. The lowest BCUT2D eigenvalue weighted by atomic mass is 10.1. The lowest BCUT2D eigenvalue weighted by Crippen LogP contribution is -2.35. The van der Waals surface area contributed by atoms with Crippen LogP contribution >= 0.6 is 11.6 Å². The molecule has 2 aromatic carbocycles. The molecule has 0 saturated carbocycles. The minimum absolute atomic E-state index is 0.0616. The number of alkyl halides is 3. The molecule has 0 radical (unpaired) electrons. The van der Waals surface area contributed by atoms with Gasteiger partial charge in [0.1, 0.15) is 16.8 Å². The molecule has 0 atom stereocenters. The van der Waals surface area contributed by atoms with E-state index >= 15 is 0 Å². The highest BCUT2D eigenvalue weighted by atomic mass is 35.5. The van der Waals surface area contributed by atoms with E-state index < -0.39 is 32.6 Å². The second-order valence-corrected chi connectivity index (χ2v) is 9.42. The summed E-state index contributed by atoms with van der Waals surface area (Å²) in [6, 6.07) is 8.21. The number of sulfonamides is 1. The summed E-state index contributed by atoms with van der Waals surface area (Å²) in [5.41, 5.74) is -0.358. The molecule has 0 spiro atoms. The summed E-state index contributed by atoms with van der Waals surface area (Å²) in [7, 11) is -4.08. The standard InChI is InChI=1S/C20H18ClF4N3O2S/c21-17-11-16(20(23,24)25)3-5-19(17)31(29,30)28-7-1-6-27(8-9-28)13-14-2-4-18(22)15(10-14)12-26/h2-5,10-11H,1,6-9,13H2. The third-order valence-electron chi connectivity index (χ3n) is 4.98. The fourth-order valence-electron chi connectivity index (χ4n) is 3.39. The van der Waals surface area contributed by atoms with E-state index in [-0.39, 0.29) is 23.5 Å². The predicted octanol–water partition coefficient (Wildman–Crippen LogP) is 4.27. The lowest BCUT2D eigenvalue weighted by Gasteiger charge is -2.22. The molecule has 5 nitrogen and oxygen atoms in total. The third-order valence-corrected chi connectivity index (χ3v) is 7.36. The topological polar surface area (TPSA) is 64.4 Å². The van der Waals surface area contributed by atoms with E-state index in [2.05, 4.69) is 0 Å². The van der Waals surface area contributed by atoms with Gasteiger partial charge in [-0.3, -0.25) is 4.90 Å². The van der Waals surface area contributed by atoms with Gasteiger partial charge in [-0.15, -0.1) is 0 Å². The smallest absolute Gasteiger partial charge is 0.298 e. The Balaban J connectivity index is 1.73. The molecule has 1 saturated heterocycles. The molecule has 1 fully saturated rings. The average molecular weight is 476 g/mol. The highest BCUT2D eigenvalue weighted by Gasteiger charge is 2.34. The predicted molar refractivity (Wildman–Crippen MR) is 106 cm³/mol. The van der Waals surface area contributed by atoms with Crippen molar-refractivity contribution in [1.82, 2.24) is 9.21 Å². The fourth-order valence-corrected chi connectivity index (χ4v) is 5.37. The second kappa shape index (κ2) is 9.12. The number of halogens is 5. The summed E-state index contributed by atoms with van der Waals surface area (Å²) in [5.74, 6) is -0.604. The van der Waals surface area contributed by atoms with Gasteiger partial charge in [-0.05, 0) is 48.9 Å². The number of nitrogens with zero attached hydrogens (tertiary/aromatic N) is 3. The first-order valence-corrected chi connectivity index (χ1v) is 11.1. The third kappa shape index (κ3) is 5.36. The van der Waals surface area contributed by atoms with E-state index in [4.69, 9.17) is 16.9 Å². The Bertz CT molecular complexity index is 1120. The number of nitriles is 1. The monoisotopic (exact) mass is 475 g/mol. The van der Waals surface area contributed by atoms with Crippen molar-refractivity contribution < 1.29 is 26.0 Å². The minimum Gasteiger partial charge on any atom is -0.298 e. The van der Waals surface area contributed by atoms with Crippen molar-refractivity contribution in [2.24, 2.45) is 0 Å². The molecule has 0 amide bonds. The zero-order chi connectivity index (χ0) is 22.8. The molecule has 3 rings (SSSR count). The Hall–Kier alpha value is -2.19. The van der Waals surface area contributed by atoms with Crippen LogP contribution in [0, 0.1) is 17.1 Å². The summed E-state index contributed by atoms with van der Waals surface area (Å²) >= 11 is 5.88. The van der Waals surface area contributed by atoms with Gasteiger partial charge in [0.25, 0.3) is 0 Å². The fraction of sp³-hybridized carbons (Fsp3) is 0.350. The van der Waals surface area contributed by atoms with E-state index in [1.165, 1.54) is 16.4 Å². The van der Waals surface area contributed by atoms with Crippen LogP contribution in [0.15, 0.2) is 41.3 Å². The van der Waals surface area contributed by atoms with Crippen LogP contribution < -0.4 is 0 Å². The Kier molecular flexibility index (Phi) is 6.91. The molecule has 1 heterocycles. The molecular formula is C20H18ClF4N3O2S. The summed E-state index contributed by atoms with van der Waals surface area (Å²) in [6.07, 6.45) is -4.13. The zero-order valence-electron chi connectivity index (χ0n) is 16.2. The Morgan fingerprint density at radius 1 is 1.06 bits per heavy atom. The van der Waals surface area contributed by atoms with Gasteiger partial charge in [0, 0.05) is 26.2 Å². The summed E-state index contributed by atoms with van der Waals surface area (Å²) in [6.45, 7) is 1.63. The van der Waals surface area contributed by atoms with Crippen LogP contribution in [-0.4, -0.2) is 43.8 Å². The van der Waals surface area contributed by atoms with E-state index in [1.807, 2.05) is 4.90 Å². The summed E-state index contributed by atoms with van der Waals surface area (Å²) < 4.78 is 79.1. The van der Waals surface area contributed by atoms with Gasteiger partial charge in [-0.1, -0.05) is 17.7 Å². The van der Waals surface area contributed by atoms with Crippen molar-refractivity contribution in [3.05, 3.63) is 63.9 Å². The van der Waals surface area contributed by atoms with Gasteiger partial charge in [0.2, 0.25) is 10.0 Å². The minimum atomic E-state index is -4.62. The molecule has 0 N–H and O–H groups in total. The van der Waals surface area contributed by atoms with Crippen LogP contribution in [0.5, 0.6) is 0 Å². The van der Waals surface area contributed by atoms with Crippen molar-refractivity contribution in [2.75, 3.05) is 26.2 Å². The van der Waals surface area contributed by atoms with E-state index in [0.717, 1.165) is 11.6 Å². The molecule has 2 aromatic rings. The molecule has 0 unspecified atom stereocenters. The van der Waals surface area contributed by atoms with Crippen LogP contribution in [0.1, 0.15) is 23.1 Å². The molecule has 0 aliphatic carbocycles. The van der Waals surface area contributed by atoms with Crippen LogP contribution in [-0.2, 0) is 22.7 Å². The molecule has 1 aliphatic heterocycles. The zero-order valence-corrected chi connectivity index (χ0v) is 17.7. The van der Waals surface area contributed by atoms with Crippen molar-refractivity contribution in [3.8, 4) is 6.07 Å². The van der Waals surface area contributed by atoms with E-state index in [1.54, 1.807) is 12.1 Å². The normalized spacial score (nSPS) is 16.6. The highest BCUT2D eigenvalue weighted by molar-refractivity contribution is 7.89. The lowest BCUT2D eigenvalue weighted by molar-refractivity contribution is -0.137. The molecule has 0 bridgehead atoms. The Morgan fingerprint density at radius 2 is 1.81 bits per heavy atom. The quantitative estimate of drug-likeness (QED) is 0.620. The SMILES string of the molecule is N#Cc1cc(CN2CCCN(S(=O)(=O)c3ccc(C(F)(F)F)cc3Cl)CC2)ccc1F. The van der Waals surface area contributed by atoms with Crippen LogP contribution in [0.4, 0.5) is 17.6 Å². The molecule has 1 aliphatic rings. The van der Waals surface area contributed by atoms with Gasteiger partial charge >= 0.3 is 6.18 Å². The van der Waals surface area contributed by atoms with Gasteiger partial charge < -0.3 is 0 Å². The number of hydrogen-bond acceptors (Lipinski definition) is 4. The number of benzene rings is 2. The summed E-state index contributed by atoms with van der Waals surface area (Å²) in [4.78, 5) is 1.60. The average Bonchev–Trinajstić information content (AvgIpc) is 2.94. The molecule has 11 heteroatoms. The van der Waals surface area contributed by atoms with Gasteiger partial charge in [-0.25, -0.2) is 12.8 Å². The van der Waals surface area contributed by atoms with E-state index in [9.17, 15) is 26.0 Å². The first kappa shape index (κ1) is 23.5. The maximum atomic E-state index is 13.5. The Morgan fingerprint density at radius 3 is 2.45 bits per heavy atom. The largest absolute Gasteiger partial charge is 0.416 e. The van der Waals surface area contributed by atoms with Gasteiger partial charge in [0.05, 0.1) is 16.1 Å². The maximum absolute atomic E-state index is 13.5. The highest BCUT2D eigenvalue weighted by Crippen LogP contribution is 2.34. The number of rotatable bonds is 4. The maximum Gasteiger partial charge on any atom is 0.416 e. The van der Waals surface area contributed by atoms with Crippen LogP contribution in [0.2, 0.25) is 5.02 Å². The molecular weight excluding hydrogens is 458 g/mol. The number of hydrogen-bond donors (Lipinski definition) is 0. The van der Waals surface area contributed by atoms with Crippen LogP contribution in [0.25, 0.3) is 0 Å². The molecule has 0 aromatic heterocycles. The van der Waals surface area contributed by atoms with E-state index in [0.29, 0.717) is 38.2 Å². The molecule has 31 heavy (non-hydrogen) atoms. The van der Waals surface area contributed by atoms with Crippen molar-refractivity contribution in [2.45, 2.75) is 24.0 Å². The second-order valence-electron chi connectivity index (χ2n) is 7.10. The van der Waals surface area contributed by atoms with Crippen molar-refractivity contribution >= 4 is 21.6 Å². The first-order chi connectivity index (χ1) is 14.5. The van der Waals surface area contributed by atoms with Crippen molar-refractivity contribution in [3.63, 3.8) is 0 Å². The Labute approximate surface area is 182 Å². The van der Waals surface area contributed by atoms with Gasteiger partial charge in [0.15, 0.2) is 0 Å². The van der Waals surface area contributed by atoms with Crippen molar-refractivity contribution in [1.29, 1.82) is 5.26 Å².